The van der Waals surface area contributed by atoms with Gasteiger partial charge in [0.1, 0.15) is 5.75 Å². The first-order valence-electron chi connectivity index (χ1n) is 6.12. The highest BCUT2D eigenvalue weighted by molar-refractivity contribution is 7.12. The summed E-state index contributed by atoms with van der Waals surface area (Å²) in [5, 5.41) is -0.0467. The van der Waals surface area contributed by atoms with Gasteiger partial charge in [-0.15, -0.1) is 22.9 Å². The number of fused-ring (bicyclic) bond motifs is 1. The Morgan fingerprint density at radius 1 is 1.28 bits per heavy atom. The van der Waals surface area contributed by atoms with E-state index in [2.05, 4.69) is 32.0 Å². The lowest BCUT2D eigenvalue weighted by molar-refractivity contribution is 0.357. The zero-order valence-electron chi connectivity index (χ0n) is 10.5. The molecule has 2 aromatic rings. The Kier molecular flexibility index (Phi) is 3.08. The average Bonchev–Trinajstić information content (AvgIpc) is 2.93. The summed E-state index contributed by atoms with van der Waals surface area (Å²) in [6.07, 6.45) is 0.995. The van der Waals surface area contributed by atoms with Gasteiger partial charge in [-0.3, -0.25) is 0 Å². The Morgan fingerprint density at radius 3 is 2.83 bits per heavy atom. The van der Waals surface area contributed by atoms with Gasteiger partial charge in [0.2, 0.25) is 0 Å². The standard InChI is InChI=1S/C15H15ClOS/c1-9-7-10(2)18-15(9)14(16)12-3-4-13-11(8-12)5-6-17-13/h3-4,7-8,14H,5-6H2,1-2H3. The molecule has 1 aromatic heterocycles. The Labute approximate surface area is 116 Å². The first kappa shape index (κ1) is 12.1. The largest absolute Gasteiger partial charge is 0.493 e. The first-order valence-corrected chi connectivity index (χ1v) is 7.37. The summed E-state index contributed by atoms with van der Waals surface area (Å²) in [5.74, 6) is 1.02. The molecular weight excluding hydrogens is 264 g/mol. The van der Waals surface area contributed by atoms with Gasteiger partial charge in [0.15, 0.2) is 0 Å². The third-order valence-corrected chi connectivity index (χ3v) is 5.13. The maximum atomic E-state index is 6.62. The number of hydrogen-bond donors (Lipinski definition) is 0. The van der Waals surface area contributed by atoms with E-state index in [1.54, 1.807) is 11.3 Å². The van der Waals surface area contributed by atoms with E-state index in [4.69, 9.17) is 16.3 Å². The highest BCUT2D eigenvalue weighted by atomic mass is 35.5. The lowest BCUT2D eigenvalue weighted by Crippen LogP contribution is -1.93. The van der Waals surface area contributed by atoms with Gasteiger partial charge >= 0.3 is 0 Å². The van der Waals surface area contributed by atoms with Gasteiger partial charge in [-0.2, -0.15) is 0 Å². The molecule has 0 bridgehead atoms. The second kappa shape index (κ2) is 4.60. The normalized spacial score (nSPS) is 15.3. The van der Waals surface area contributed by atoms with Crippen molar-refractivity contribution in [1.29, 1.82) is 0 Å². The molecule has 0 saturated heterocycles. The maximum Gasteiger partial charge on any atom is 0.122 e. The van der Waals surface area contributed by atoms with E-state index < -0.39 is 0 Å². The molecule has 18 heavy (non-hydrogen) atoms. The van der Waals surface area contributed by atoms with E-state index in [1.165, 1.54) is 26.4 Å². The van der Waals surface area contributed by atoms with Gasteiger partial charge in [-0.05, 0) is 42.7 Å². The number of rotatable bonds is 2. The summed E-state index contributed by atoms with van der Waals surface area (Å²) in [6.45, 7) is 5.05. The quantitative estimate of drug-likeness (QED) is 0.728. The molecule has 1 unspecified atom stereocenters. The van der Waals surface area contributed by atoms with Crippen molar-refractivity contribution in [3.05, 3.63) is 50.7 Å². The minimum atomic E-state index is -0.0467. The van der Waals surface area contributed by atoms with Crippen molar-refractivity contribution >= 4 is 22.9 Å². The second-order valence-electron chi connectivity index (χ2n) is 4.73. The molecule has 0 aliphatic carbocycles. The predicted octanol–water partition coefficient (Wildman–Crippen LogP) is 4.63. The molecule has 0 amide bonds. The van der Waals surface area contributed by atoms with Crippen LogP contribution in [-0.4, -0.2) is 6.61 Å². The summed E-state index contributed by atoms with van der Waals surface area (Å²) >= 11 is 8.41. The number of aryl methyl sites for hydroxylation is 2. The highest BCUT2D eigenvalue weighted by Crippen LogP contribution is 2.38. The zero-order chi connectivity index (χ0) is 12.7. The van der Waals surface area contributed by atoms with Crippen LogP contribution in [0.3, 0.4) is 0 Å². The van der Waals surface area contributed by atoms with Gasteiger partial charge in [-0.1, -0.05) is 12.1 Å². The van der Waals surface area contributed by atoms with E-state index in [1.807, 2.05) is 6.07 Å². The second-order valence-corrected chi connectivity index (χ2v) is 6.46. The van der Waals surface area contributed by atoms with Crippen molar-refractivity contribution in [3.8, 4) is 5.75 Å². The molecule has 3 rings (SSSR count). The third-order valence-electron chi connectivity index (χ3n) is 3.32. The number of benzene rings is 1. The van der Waals surface area contributed by atoms with Gasteiger partial charge in [0, 0.05) is 16.2 Å². The highest BCUT2D eigenvalue weighted by Gasteiger charge is 2.19. The van der Waals surface area contributed by atoms with Crippen molar-refractivity contribution in [2.24, 2.45) is 0 Å². The fourth-order valence-electron chi connectivity index (χ4n) is 2.43. The van der Waals surface area contributed by atoms with Gasteiger partial charge in [0.25, 0.3) is 0 Å². The maximum absolute atomic E-state index is 6.62. The topological polar surface area (TPSA) is 9.23 Å². The van der Waals surface area contributed by atoms with Crippen LogP contribution in [0.1, 0.15) is 31.8 Å². The van der Waals surface area contributed by atoms with Gasteiger partial charge in [-0.25, -0.2) is 0 Å². The Balaban J connectivity index is 1.97. The molecule has 0 saturated carbocycles. The van der Waals surface area contributed by atoms with Crippen LogP contribution in [0.15, 0.2) is 24.3 Å². The first-order chi connectivity index (χ1) is 8.65. The van der Waals surface area contributed by atoms with Crippen molar-refractivity contribution in [1.82, 2.24) is 0 Å². The molecule has 1 aromatic carbocycles. The molecule has 3 heteroatoms. The fraction of sp³-hybridized carbons (Fsp3) is 0.333. The molecule has 0 radical (unpaired) electrons. The van der Waals surface area contributed by atoms with Crippen molar-refractivity contribution < 1.29 is 4.74 Å². The molecule has 1 atom stereocenters. The minimum Gasteiger partial charge on any atom is -0.493 e. The lowest BCUT2D eigenvalue weighted by atomic mass is 10.0. The zero-order valence-corrected chi connectivity index (χ0v) is 12.1. The lowest BCUT2D eigenvalue weighted by Gasteiger charge is -2.10. The molecular formula is C15H15ClOS. The molecule has 1 nitrogen and oxygen atoms in total. The molecule has 0 fully saturated rings. The molecule has 1 aliphatic heterocycles. The van der Waals surface area contributed by atoms with E-state index >= 15 is 0 Å². The average molecular weight is 279 g/mol. The van der Waals surface area contributed by atoms with Crippen LogP contribution in [0.4, 0.5) is 0 Å². The van der Waals surface area contributed by atoms with Crippen LogP contribution < -0.4 is 4.74 Å². The minimum absolute atomic E-state index is 0.0467. The van der Waals surface area contributed by atoms with Crippen molar-refractivity contribution in [2.45, 2.75) is 25.6 Å². The van der Waals surface area contributed by atoms with Gasteiger partial charge in [0.05, 0.1) is 12.0 Å². The van der Waals surface area contributed by atoms with Crippen molar-refractivity contribution in [3.63, 3.8) is 0 Å². The van der Waals surface area contributed by atoms with Gasteiger partial charge < -0.3 is 4.74 Å². The van der Waals surface area contributed by atoms with E-state index in [-0.39, 0.29) is 5.38 Å². The summed E-state index contributed by atoms with van der Waals surface area (Å²) in [4.78, 5) is 2.57. The number of thiophene rings is 1. The summed E-state index contributed by atoms with van der Waals surface area (Å²) in [6, 6.07) is 8.51. The summed E-state index contributed by atoms with van der Waals surface area (Å²) in [5.41, 5.74) is 3.74. The smallest absolute Gasteiger partial charge is 0.122 e. The molecule has 2 heterocycles. The number of alkyl halides is 1. The molecule has 94 valence electrons. The molecule has 0 N–H and O–H groups in total. The van der Waals surface area contributed by atoms with E-state index in [0.29, 0.717) is 0 Å². The third kappa shape index (κ3) is 2.04. The predicted molar refractivity (Wildman–Crippen MR) is 77.1 cm³/mol. The Hall–Kier alpha value is -0.990. The summed E-state index contributed by atoms with van der Waals surface area (Å²) in [7, 11) is 0. The van der Waals surface area contributed by atoms with Crippen LogP contribution in [0.25, 0.3) is 0 Å². The SMILES string of the molecule is Cc1cc(C)c(C(Cl)c2ccc3c(c2)CCO3)s1. The number of hydrogen-bond acceptors (Lipinski definition) is 2. The Bertz CT molecular complexity index is 588. The van der Waals surface area contributed by atoms with Crippen molar-refractivity contribution in [2.75, 3.05) is 6.61 Å². The van der Waals surface area contributed by atoms with Crippen LogP contribution in [0, 0.1) is 13.8 Å². The summed E-state index contributed by atoms with van der Waals surface area (Å²) < 4.78 is 5.53. The number of halogens is 1. The molecule has 0 spiro atoms. The van der Waals surface area contributed by atoms with Crippen LogP contribution in [0.5, 0.6) is 5.75 Å². The monoisotopic (exact) mass is 278 g/mol. The van der Waals surface area contributed by atoms with E-state index in [9.17, 15) is 0 Å². The number of ether oxygens (including phenoxy) is 1. The van der Waals surface area contributed by atoms with Crippen LogP contribution in [-0.2, 0) is 6.42 Å². The van der Waals surface area contributed by atoms with E-state index in [0.717, 1.165) is 18.8 Å². The van der Waals surface area contributed by atoms with Crippen LogP contribution >= 0.6 is 22.9 Å². The Morgan fingerprint density at radius 2 is 2.11 bits per heavy atom. The molecule has 1 aliphatic rings. The van der Waals surface area contributed by atoms with Crippen LogP contribution in [0.2, 0.25) is 0 Å². The fourth-order valence-corrected chi connectivity index (χ4v) is 3.91.